The highest BCUT2D eigenvalue weighted by molar-refractivity contribution is 5.41. The normalized spacial score (nSPS) is 17.6. The zero-order valence-corrected chi connectivity index (χ0v) is 11.7. The Balaban J connectivity index is 1.83. The number of anilines is 1. The SMILES string of the molecule is c1ccc(C(Nc2cncnc2)C2CCCCC2)cc1. The van der Waals surface area contributed by atoms with Crippen molar-refractivity contribution >= 4 is 5.69 Å². The molecule has 1 aliphatic carbocycles. The number of nitrogens with one attached hydrogen (secondary N) is 1. The Hall–Kier alpha value is -1.90. The molecule has 0 bridgehead atoms. The molecule has 3 nitrogen and oxygen atoms in total. The van der Waals surface area contributed by atoms with E-state index in [1.807, 2.05) is 12.4 Å². The molecule has 104 valence electrons. The fraction of sp³-hybridized carbons (Fsp3) is 0.412. The Bertz CT molecular complexity index is 506. The average Bonchev–Trinajstić information content (AvgIpc) is 2.55. The third-order valence-corrected chi connectivity index (χ3v) is 4.16. The lowest BCUT2D eigenvalue weighted by atomic mass is 9.81. The van der Waals surface area contributed by atoms with E-state index < -0.39 is 0 Å². The molecule has 2 aromatic rings. The fourth-order valence-electron chi connectivity index (χ4n) is 3.15. The quantitative estimate of drug-likeness (QED) is 0.901. The van der Waals surface area contributed by atoms with Gasteiger partial charge in [0.15, 0.2) is 0 Å². The molecule has 1 unspecified atom stereocenters. The molecule has 3 rings (SSSR count). The standard InChI is InChI=1S/C17H21N3/c1-3-7-14(8-4-1)17(15-9-5-2-6-10-15)20-16-11-18-13-19-12-16/h1,3-4,7-8,11-13,15,17,20H,2,5-6,9-10H2. The van der Waals surface area contributed by atoms with Crippen LogP contribution in [0.5, 0.6) is 0 Å². The predicted octanol–water partition coefficient (Wildman–Crippen LogP) is 4.21. The molecule has 0 amide bonds. The molecule has 1 fully saturated rings. The highest BCUT2D eigenvalue weighted by Crippen LogP contribution is 2.36. The summed E-state index contributed by atoms with van der Waals surface area (Å²) in [4.78, 5) is 8.21. The zero-order valence-electron chi connectivity index (χ0n) is 11.7. The number of aromatic nitrogens is 2. The number of benzene rings is 1. The van der Waals surface area contributed by atoms with Gasteiger partial charge in [0, 0.05) is 0 Å². The highest BCUT2D eigenvalue weighted by Gasteiger charge is 2.24. The van der Waals surface area contributed by atoms with Gasteiger partial charge in [-0.05, 0) is 24.3 Å². The molecule has 0 aliphatic heterocycles. The molecule has 0 saturated heterocycles. The third-order valence-electron chi connectivity index (χ3n) is 4.16. The summed E-state index contributed by atoms with van der Waals surface area (Å²) in [6, 6.07) is 11.1. The number of nitrogens with zero attached hydrogens (tertiary/aromatic N) is 2. The van der Waals surface area contributed by atoms with E-state index in [1.54, 1.807) is 6.33 Å². The maximum Gasteiger partial charge on any atom is 0.115 e. The van der Waals surface area contributed by atoms with Gasteiger partial charge in [0.2, 0.25) is 0 Å². The lowest BCUT2D eigenvalue weighted by Gasteiger charge is -2.32. The van der Waals surface area contributed by atoms with E-state index in [0.717, 1.165) is 5.69 Å². The van der Waals surface area contributed by atoms with Gasteiger partial charge in [-0.15, -0.1) is 0 Å². The Kier molecular flexibility index (Phi) is 4.26. The van der Waals surface area contributed by atoms with Gasteiger partial charge in [0.1, 0.15) is 6.33 Å². The molecular formula is C17H21N3. The van der Waals surface area contributed by atoms with Gasteiger partial charge < -0.3 is 5.32 Å². The first-order chi connectivity index (χ1) is 9.93. The first kappa shape index (κ1) is 13.1. The summed E-state index contributed by atoms with van der Waals surface area (Å²) in [6.45, 7) is 0. The van der Waals surface area contributed by atoms with Gasteiger partial charge in [0.25, 0.3) is 0 Å². The summed E-state index contributed by atoms with van der Waals surface area (Å²) < 4.78 is 0. The van der Waals surface area contributed by atoms with Crippen molar-refractivity contribution in [2.75, 3.05) is 5.32 Å². The topological polar surface area (TPSA) is 37.8 Å². The van der Waals surface area contributed by atoms with Gasteiger partial charge in [-0.2, -0.15) is 0 Å². The van der Waals surface area contributed by atoms with Crippen molar-refractivity contribution < 1.29 is 0 Å². The summed E-state index contributed by atoms with van der Waals surface area (Å²) >= 11 is 0. The van der Waals surface area contributed by atoms with E-state index in [-0.39, 0.29) is 0 Å². The monoisotopic (exact) mass is 267 g/mol. The van der Waals surface area contributed by atoms with E-state index in [2.05, 4.69) is 45.6 Å². The molecule has 20 heavy (non-hydrogen) atoms. The Morgan fingerprint density at radius 2 is 1.65 bits per heavy atom. The molecule has 1 aromatic carbocycles. The van der Waals surface area contributed by atoms with Crippen LogP contribution in [0.4, 0.5) is 5.69 Å². The maximum absolute atomic E-state index is 4.10. The van der Waals surface area contributed by atoms with Crippen LogP contribution >= 0.6 is 0 Å². The summed E-state index contributed by atoms with van der Waals surface area (Å²) in [5, 5.41) is 3.64. The van der Waals surface area contributed by atoms with Crippen molar-refractivity contribution in [3.63, 3.8) is 0 Å². The number of hydrogen-bond acceptors (Lipinski definition) is 3. The first-order valence-electron chi connectivity index (χ1n) is 7.50. The van der Waals surface area contributed by atoms with Crippen molar-refractivity contribution in [2.45, 2.75) is 38.1 Å². The van der Waals surface area contributed by atoms with Gasteiger partial charge >= 0.3 is 0 Å². The minimum absolute atomic E-state index is 0.363. The van der Waals surface area contributed by atoms with Crippen molar-refractivity contribution in [3.05, 3.63) is 54.6 Å². The van der Waals surface area contributed by atoms with Crippen molar-refractivity contribution in [3.8, 4) is 0 Å². The van der Waals surface area contributed by atoms with Gasteiger partial charge in [-0.3, -0.25) is 0 Å². The minimum Gasteiger partial charge on any atom is -0.375 e. The Morgan fingerprint density at radius 1 is 0.950 bits per heavy atom. The second kappa shape index (κ2) is 6.51. The second-order valence-electron chi connectivity index (χ2n) is 5.56. The van der Waals surface area contributed by atoms with Crippen LogP contribution in [0.1, 0.15) is 43.7 Å². The molecule has 0 radical (unpaired) electrons. The van der Waals surface area contributed by atoms with Crippen LogP contribution in [0.15, 0.2) is 49.1 Å². The largest absolute Gasteiger partial charge is 0.375 e. The predicted molar refractivity (Wildman–Crippen MR) is 81.4 cm³/mol. The number of hydrogen-bond donors (Lipinski definition) is 1. The number of rotatable bonds is 4. The lowest BCUT2D eigenvalue weighted by Crippen LogP contribution is -2.23. The van der Waals surface area contributed by atoms with Crippen LogP contribution < -0.4 is 5.32 Å². The fourth-order valence-corrected chi connectivity index (χ4v) is 3.15. The van der Waals surface area contributed by atoms with Crippen molar-refractivity contribution in [2.24, 2.45) is 5.92 Å². The van der Waals surface area contributed by atoms with Crippen LogP contribution in [0, 0.1) is 5.92 Å². The molecule has 1 aromatic heterocycles. The van der Waals surface area contributed by atoms with E-state index >= 15 is 0 Å². The van der Waals surface area contributed by atoms with E-state index in [9.17, 15) is 0 Å². The van der Waals surface area contributed by atoms with Crippen LogP contribution in [0.3, 0.4) is 0 Å². The maximum atomic E-state index is 4.10. The second-order valence-corrected chi connectivity index (χ2v) is 5.56. The first-order valence-corrected chi connectivity index (χ1v) is 7.50. The highest BCUT2D eigenvalue weighted by atomic mass is 15.0. The Labute approximate surface area is 120 Å². The smallest absolute Gasteiger partial charge is 0.115 e. The van der Waals surface area contributed by atoms with E-state index in [4.69, 9.17) is 0 Å². The van der Waals surface area contributed by atoms with Crippen LogP contribution in [0.2, 0.25) is 0 Å². The van der Waals surface area contributed by atoms with Crippen LogP contribution in [-0.2, 0) is 0 Å². The van der Waals surface area contributed by atoms with Gasteiger partial charge in [0.05, 0.1) is 24.1 Å². The summed E-state index contributed by atoms with van der Waals surface area (Å²) in [7, 11) is 0. The average molecular weight is 267 g/mol. The Morgan fingerprint density at radius 3 is 2.35 bits per heavy atom. The molecule has 1 atom stereocenters. The summed E-state index contributed by atoms with van der Waals surface area (Å²) in [6.07, 6.45) is 12.0. The third kappa shape index (κ3) is 3.16. The molecule has 1 heterocycles. The van der Waals surface area contributed by atoms with Gasteiger partial charge in [-0.25, -0.2) is 9.97 Å². The van der Waals surface area contributed by atoms with Gasteiger partial charge in [-0.1, -0.05) is 49.6 Å². The molecule has 1 N–H and O–H groups in total. The molecule has 3 heteroatoms. The van der Waals surface area contributed by atoms with Crippen LogP contribution in [-0.4, -0.2) is 9.97 Å². The summed E-state index contributed by atoms with van der Waals surface area (Å²) in [5.41, 5.74) is 2.37. The molecular weight excluding hydrogens is 246 g/mol. The lowest BCUT2D eigenvalue weighted by molar-refractivity contribution is 0.321. The van der Waals surface area contributed by atoms with E-state index in [0.29, 0.717) is 12.0 Å². The molecule has 0 spiro atoms. The molecule has 1 aliphatic rings. The summed E-state index contributed by atoms with van der Waals surface area (Å²) in [5.74, 6) is 0.700. The van der Waals surface area contributed by atoms with Crippen molar-refractivity contribution in [1.29, 1.82) is 0 Å². The van der Waals surface area contributed by atoms with E-state index in [1.165, 1.54) is 37.7 Å². The minimum atomic E-state index is 0.363. The zero-order chi connectivity index (χ0) is 13.6. The van der Waals surface area contributed by atoms with Crippen LogP contribution in [0.25, 0.3) is 0 Å². The van der Waals surface area contributed by atoms with Crippen molar-refractivity contribution in [1.82, 2.24) is 9.97 Å². The molecule has 1 saturated carbocycles.